The Morgan fingerprint density at radius 1 is 1.24 bits per heavy atom. The van der Waals surface area contributed by atoms with Gasteiger partial charge in [-0.25, -0.2) is 9.78 Å². The second kappa shape index (κ2) is 8.09. The van der Waals surface area contributed by atoms with E-state index in [1.54, 1.807) is 0 Å². The first kappa shape index (κ1) is 17.4. The molecule has 8 heteroatoms. The van der Waals surface area contributed by atoms with Crippen molar-refractivity contribution in [2.24, 2.45) is 0 Å². The Morgan fingerprint density at radius 3 is 2.60 bits per heavy atom. The lowest BCUT2D eigenvalue weighted by molar-refractivity contribution is 0.0690. The van der Waals surface area contributed by atoms with Crippen molar-refractivity contribution in [2.45, 2.75) is 6.42 Å². The molecule has 0 aliphatic carbocycles. The molecule has 0 bridgehead atoms. The van der Waals surface area contributed by atoms with E-state index in [2.05, 4.69) is 15.2 Å². The van der Waals surface area contributed by atoms with Crippen LogP contribution in [0.15, 0.2) is 29.6 Å². The zero-order chi connectivity index (χ0) is 17.6. The molecule has 1 amide bonds. The summed E-state index contributed by atoms with van der Waals surface area (Å²) in [6.07, 6.45) is 0.509. The molecule has 1 aliphatic heterocycles. The number of morpholine rings is 1. The van der Waals surface area contributed by atoms with Gasteiger partial charge in [0.25, 0.3) is 5.91 Å². The maximum atomic E-state index is 12.2. The van der Waals surface area contributed by atoms with Crippen LogP contribution < -0.4 is 10.2 Å². The molecule has 0 atom stereocenters. The van der Waals surface area contributed by atoms with Gasteiger partial charge in [-0.2, -0.15) is 0 Å². The van der Waals surface area contributed by atoms with E-state index < -0.39 is 5.97 Å². The number of rotatable bonds is 6. The molecule has 1 aromatic heterocycles. The summed E-state index contributed by atoms with van der Waals surface area (Å²) in [4.78, 5) is 29.2. The van der Waals surface area contributed by atoms with E-state index >= 15 is 0 Å². The van der Waals surface area contributed by atoms with Gasteiger partial charge in [-0.3, -0.25) is 4.79 Å². The number of benzene rings is 1. The highest BCUT2D eigenvalue weighted by atomic mass is 32.1. The van der Waals surface area contributed by atoms with Crippen molar-refractivity contribution in [1.29, 1.82) is 0 Å². The van der Waals surface area contributed by atoms with Crippen LogP contribution in [-0.4, -0.2) is 54.8 Å². The van der Waals surface area contributed by atoms with Gasteiger partial charge < -0.3 is 20.1 Å². The maximum absolute atomic E-state index is 12.2. The third-order valence-corrected chi connectivity index (χ3v) is 4.81. The summed E-state index contributed by atoms with van der Waals surface area (Å²) >= 11 is 1.28. The van der Waals surface area contributed by atoms with Gasteiger partial charge in [0.15, 0.2) is 5.69 Å². The molecule has 3 rings (SSSR count). The Balaban J connectivity index is 1.49. The van der Waals surface area contributed by atoms with E-state index in [4.69, 9.17) is 9.84 Å². The SMILES string of the molecule is O=C(NCCc1nc(C(=O)O)cs1)c1ccc(N2CCOCC2)cc1. The lowest BCUT2D eigenvalue weighted by Crippen LogP contribution is -2.36. The standard InChI is InChI=1S/C17H19N3O4S/c21-16(18-6-5-15-19-14(11-25-15)17(22)23)12-1-3-13(4-2-12)20-7-9-24-10-8-20/h1-4,11H,5-10H2,(H,18,21)(H,22,23). The number of nitrogens with zero attached hydrogens (tertiary/aromatic N) is 2. The Labute approximate surface area is 149 Å². The van der Waals surface area contributed by atoms with E-state index in [1.165, 1.54) is 16.7 Å². The van der Waals surface area contributed by atoms with Crippen LogP contribution in [0.1, 0.15) is 25.9 Å². The monoisotopic (exact) mass is 361 g/mol. The number of carbonyl (C=O) groups is 2. The van der Waals surface area contributed by atoms with Crippen LogP contribution >= 0.6 is 11.3 Å². The van der Waals surface area contributed by atoms with Crippen molar-refractivity contribution in [1.82, 2.24) is 10.3 Å². The number of amides is 1. The van der Waals surface area contributed by atoms with Gasteiger partial charge in [0.1, 0.15) is 0 Å². The van der Waals surface area contributed by atoms with Gasteiger partial charge in [0, 0.05) is 42.7 Å². The summed E-state index contributed by atoms with van der Waals surface area (Å²) in [5.74, 6) is -1.18. The highest BCUT2D eigenvalue weighted by Crippen LogP contribution is 2.16. The third kappa shape index (κ3) is 4.55. The topological polar surface area (TPSA) is 91.8 Å². The normalized spacial score (nSPS) is 14.3. The minimum Gasteiger partial charge on any atom is -0.476 e. The first-order valence-electron chi connectivity index (χ1n) is 8.02. The number of aromatic nitrogens is 1. The molecule has 132 valence electrons. The number of hydrogen-bond donors (Lipinski definition) is 2. The number of carbonyl (C=O) groups excluding carboxylic acids is 1. The second-order valence-corrected chi connectivity index (χ2v) is 6.53. The van der Waals surface area contributed by atoms with Crippen LogP contribution in [-0.2, 0) is 11.2 Å². The lowest BCUT2D eigenvalue weighted by Gasteiger charge is -2.28. The van der Waals surface area contributed by atoms with Crippen LogP contribution in [0.2, 0.25) is 0 Å². The van der Waals surface area contributed by atoms with Gasteiger partial charge in [-0.1, -0.05) is 0 Å². The maximum Gasteiger partial charge on any atom is 0.355 e. The fourth-order valence-corrected chi connectivity index (χ4v) is 3.33. The first-order valence-corrected chi connectivity index (χ1v) is 8.90. The minimum atomic E-state index is -1.04. The second-order valence-electron chi connectivity index (χ2n) is 5.58. The van der Waals surface area contributed by atoms with Crippen molar-refractivity contribution >= 4 is 28.9 Å². The molecule has 1 aromatic carbocycles. The van der Waals surface area contributed by atoms with Crippen LogP contribution in [0.25, 0.3) is 0 Å². The van der Waals surface area contributed by atoms with E-state index in [1.807, 2.05) is 24.3 Å². The van der Waals surface area contributed by atoms with Crippen molar-refractivity contribution in [3.63, 3.8) is 0 Å². The van der Waals surface area contributed by atoms with Crippen molar-refractivity contribution < 1.29 is 19.4 Å². The average molecular weight is 361 g/mol. The number of hydrogen-bond acceptors (Lipinski definition) is 6. The van der Waals surface area contributed by atoms with E-state index in [-0.39, 0.29) is 11.6 Å². The van der Waals surface area contributed by atoms with Gasteiger partial charge in [-0.05, 0) is 24.3 Å². The fraction of sp³-hybridized carbons (Fsp3) is 0.353. The van der Waals surface area contributed by atoms with Crippen LogP contribution in [0.4, 0.5) is 5.69 Å². The first-order chi connectivity index (χ1) is 12.1. The molecule has 2 heterocycles. The van der Waals surface area contributed by atoms with Gasteiger partial charge in [0.2, 0.25) is 0 Å². The summed E-state index contributed by atoms with van der Waals surface area (Å²) < 4.78 is 5.34. The predicted molar refractivity (Wildman–Crippen MR) is 94.6 cm³/mol. The van der Waals surface area contributed by atoms with Crippen molar-refractivity contribution in [2.75, 3.05) is 37.7 Å². The molecular weight excluding hydrogens is 342 g/mol. The van der Waals surface area contributed by atoms with Crippen LogP contribution in [0.3, 0.4) is 0 Å². The molecule has 2 N–H and O–H groups in total. The molecule has 7 nitrogen and oxygen atoms in total. The summed E-state index contributed by atoms with van der Waals surface area (Å²) in [5, 5.41) is 13.9. The average Bonchev–Trinajstić information content (AvgIpc) is 3.12. The van der Waals surface area contributed by atoms with E-state index in [9.17, 15) is 9.59 Å². The summed E-state index contributed by atoms with van der Waals surface area (Å²) in [6.45, 7) is 3.58. The predicted octanol–water partition coefficient (Wildman–Crippen LogP) is 1.65. The van der Waals surface area contributed by atoms with E-state index in [0.29, 0.717) is 23.5 Å². The molecule has 1 saturated heterocycles. The number of anilines is 1. The zero-order valence-corrected chi connectivity index (χ0v) is 14.4. The largest absolute Gasteiger partial charge is 0.476 e. The summed E-state index contributed by atoms with van der Waals surface area (Å²) in [5.41, 5.74) is 1.73. The number of carboxylic acids is 1. The molecule has 0 spiro atoms. The van der Waals surface area contributed by atoms with Gasteiger partial charge >= 0.3 is 5.97 Å². The molecule has 2 aromatic rings. The highest BCUT2D eigenvalue weighted by Gasteiger charge is 2.13. The number of carboxylic acid groups (broad SMARTS) is 1. The highest BCUT2D eigenvalue weighted by molar-refractivity contribution is 7.09. The molecule has 1 fully saturated rings. The lowest BCUT2D eigenvalue weighted by atomic mass is 10.1. The number of nitrogens with one attached hydrogen (secondary N) is 1. The van der Waals surface area contributed by atoms with Crippen LogP contribution in [0.5, 0.6) is 0 Å². The molecule has 0 unspecified atom stereocenters. The number of thiazole rings is 1. The zero-order valence-electron chi connectivity index (χ0n) is 13.6. The molecule has 1 aliphatic rings. The number of aromatic carboxylic acids is 1. The quantitative estimate of drug-likeness (QED) is 0.813. The van der Waals surface area contributed by atoms with Gasteiger partial charge in [-0.15, -0.1) is 11.3 Å². The molecule has 0 saturated carbocycles. The Kier molecular flexibility index (Phi) is 5.62. The van der Waals surface area contributed by atoms with Crippen LogP contribution in [0, 0.1) is 0 Å². The number of ether oxygens (including phenoxy) is 1. The Bertz CT molecular complexity index is 739. The minimum absolute atomic E-state index is 0.0463. The molecule has 25 heavy (non-hydrogen) atoms. The van der Waals surface area contributed by atoms with Crippen molar-refractivity contribution in [3.05, 3.63) is 45.9 Å². The summed E-state index contributed by atoms with van der Waals surface area (Å²) in [6, 6.07) is 7.51. The Morgan fingerprint density at radius 2 is 1.96 bits per heavy atom. The van der Waals surface area contributed by atoms with Gasteiger partial charge in [0.05, 0.1) is 18.2 Å². The molecule has 0 radical (unpaired) electrons. The molecular formula is C17H19N3O4S. The van der Waals surface area contributed by atoms with Crippen molar-refractivity contribution in [3.8, 4) is 0 Å². The van der Waals surface area contributed by atoms with E-state index in [0.717, 1.165) is 32.0 Å². The third-order valence-electron chi connectivity index (χ3n) is 3.90. The smallest absolute Gasteiger partial charge is 0.355 e. The Hall–Kier alpha value is -2.45. The fourth-order valence-electron chi connectivity index (χ4n) is 2.55. The summed E-state index contributed by atoms with van der Waals surface area (Å²) in [7, 11) is 0.